The molecule has 0 radical (unpaired) electrons. The highest BCUT2D eigenvalue weighted by molar-refractivity contribution is 4.80. The molecule has 0 rings (SSSR count). The third kappa shape index (κ3) is 2.50. The van der Waals surface area contributed by atoms with Gasteiger partial charge in [-0.1, -0.05) is 60.8 Å². The monoisotopic (exact) mass is 170 g/mol. The first-order chi connectivity index (χ1) is 5.51. The molecule has 74 valence electrons. The lowest BCUT2D eigenvalue weighted by Crippen LogP contribution is -2.28. The van der Waals surface area contributed by atoms with Gasteiger partial charge < -0.3 is 0 Å². The summed E-state index contributed by atoms with van der Waals surface area (Å²) in [4.78, 5) is 0. The predicted octanol–water partition coefficient (Wildman–Crippen LogP) is 4.49. The SMILES string of the molecule is CCC(C)C(C)C(C)(CC)CC. The van der Waals surface area contributed by atoms with Crippen molar-refractivity contribution >= 4 is 0 Å². The van der Waals surface area contributed by atoms with Gasteiger partial charge in [0.2, 0.25) is 0 Å². The van der Waals surface area contributed by atoms with Crippen LogP contribution in [0, 0.1) is 17.3 Å². The van der Waals surface area contributed by atoms with Gasteiger partial charge in [-0.25, -0.2) is 0 Å². The van der Waals surface area contributed by atoms with Crippen molar-refractivity contribution < 1.29 is 0 Å². The minimum absolute atomic E-state index is 0.565. The molecule has 2 atom stereocenters. The van der Waals surface area contributed by atoms with Gasteiger partial charge in [0.25, 0.3) is 0 Å². The lowest BCUT2D eigenvalue weighted by Gasteiger charge is -2.37. The van der Waals surface area contributed by atoms with Crippen LogP contribution >= 0.6 is 0 Å². The first kappa shape index (κ1) is 12.0. The van der Waals surface area contributed by atoms with E-state index in [1.54, 1.807) is 0 Å². The third-order valence-electron chi connectivity index (χ3n) is 4.21. The maximum atomic E-state index is 2.43. The van der Waals surface area contributed by atoms with Crippen LogP contribution in [0.5, 0.6) is 0 Å². The van der Waals surface area contributed by atoms with Gasteiger partial charge in [0.15, 0.2) is 0 Å². The zero-order chi connectivity index (χ0) is 9.78. The van der Waals surface area contributed by atoms with Gasteiger partial charge in [0.1, 0.15) is 0 Å². The van der Waals surface area contributed by atoms with Crippen molar-refractivity contribution in [3.8, 4) is 0 Å². The quantitative estimate of drug-likeness (QED) is 0.570. The van der Waals surface area contributed by atoms with E-state index in [4.69, 9.17) is 0 Å². The van der Waals surface area contributed by atoms with Crippen molar-refractivity contribution in [1.29, 1.82) is 0 Å². The van der Waals surface area contributed by atoms with Crippen LogP contribution in [0.25, 0.3) is 0 Å². The van der Waals surface area contributed by atoms with E-state index >= 15 is 0 Å². The second kappa shape index (κ2) is 4.89. The topological polar surface area (TPSA) is 0 Å². The van der Waals surface area contributed by atoms with Gasteiger partial charge >= 0.3 is 0 Å². The minimum Gasteiger partial charge on any atom is -0.0651 e. The fourth-order valence-electron chi connectivity index (χ4n) is 1.93. The van der Waals surface area contributed by atoms with Gasteiger partial charge in [-0.3, -0.25) is 0 Å². The average Bonchev–Trinajstić information content (AvgIpc) is 2.14. The molecule has 0 heterocycles. The molecule has 0 aromatic carbocycles. The number of rotatable bonds is 5. The maximum absolute atomic E-state index is 2.43. The molecule has 0 saturated heterocycles. The van der Waals surface area contributed by atoms with Crippen LogP contribution in [0.4, 0.5) is 0 Å². The molecule has 0 bridgehead atoms. The van der Waals surface area contributed by atoms with Crippen molar-refractivity contribution in [2.75, 3.05) is 0 Å². The third-order valence-corrected chi connectivity index (χ3v) is 4.21. The summed E-state index contributed by atoms with van der Waals surface area (Å²) >= 11 is 0. The van der Waals surface area contributed by atoms with Crippen molar-refractivity contribution in [3.63, 3.8) is 0 Å². The van der Waals surface area contributed by atoms with Crippen molar-refractivity contribution in [3.05, 3.63) is 0 Å². The van der Waals surface area contributed by atoms with Crippen LogP contribution < -0.4 is 0 Å². The fourth-order valence-corrected chi connectivity index (χ4v) is 1.93. The Hall–Kier alpha value is 0. The smallest absolute Gasteiger partial charge is 0.0303 e. The maximum Gasteiger partial charge on any atom is -0.0303 e. The van der Waals surface area contributed by atoms with E-state index in [0.29, 0.717) is 5.41 Å². The molecule has 0 saturated carbocycles. The summed E-state index contributed by atoms with van der Waals surface area (Å²) < 4.78 is 0. The van der Waals surface area contributed by atoms with Gasteiger partial charge in [-0.05, 0) is 17.3 Å². The van der Waals surface area contributed by atoms with E-state index < -0.39 is 0 Å². The molecular weight excluding hydrogens is 144 g/mol. The van der Waals surface area contributed by atoms with Crippen molar-refractivity contribution in [1.82, 2.24) is 0 Å². The van der Waals surface area contributed by atoms with E-state index in [1.807, 2.05) is 0 Å². The molecule has 0 nitrogen and oxygen atoms in total. The van der Waals surface area contributed by atoms with Crippen LogP contribution in [-0.2, 0) is 0 Å². The van der Waals surface area contributed by atoms with Gasteiger partial charge in [0.05, 0.1) is 0 Å². The van der Waals surface area contributed by atoms with Crippen LogP contribution in [0.3, 0.4) is 0 Å². The Bertz CT molecular complexity index is 111. The standard InChI is InChI=1S/C12H26/c1-7-10(4)11(5)12(6,8-2)9-3/h10-11H,7-9H2,1-6H3. The van der Waals surface area contributed by atoms with E-state index in [0.717, 1.165) is 11.8 Å². The van der Waals surface area contributed by atoms with Crippen molar-refractivity contribution in [2.24, 2.45) is 17.3 Å². The lowest BCUT2D eigenvalue weighted by atomic mass is 9.68. The van der Waals surface area contributed by atoms with Gasteiger partial charge in [-0.15, -0.1) is 0 Å². The Balaban J connectivity index is 4.29. The molecule has 0 heteroatoms. The predicted molar refractivity (Wildman–Crippen MR) is 57.3 cm³/mol. The number of hydrogen-bond acceptors (Lipinski definition) is 0. The highest BCUT2D eigenvalue weighted by Gasteiger charge is 2.30. The molecule has 0 N–H and O–H groups in total. The summed E-state index contributed by atoms with van der Waals surface area (Å²) in [7, 11) is 0. The molecule has 2 unspecified atom stereocenters. The molecule has 0 fully saturated rings. The lowest BCUT2D eigenvalue weighted by molar-refractivity contribution is 0.128. The highest BCUT2D eigenvalue weighted by atomic mass is 14.3. The molecule has 12 heavy (non-hydrogen) atoms. The molecule has 0 aliphatic rings. The van der Waals surface area contributed by atoms with Crippen molar-refractivity contribution in [2.45, 2.75) is 60.8 Å². The Labute approximate surface area is 78.8 Å². The van der Waals surface area contributed by atoms with Crippen LogP contribution in [-0.4, -0.2) is 0 Å². The average molecular weight is 170 g/mol. The van der Waals surface area contributed by atoms with E-state index in [-0.39, 0.29) is 0 Å². The molecule has 0 aromatic heterocycles. The first-order valence-electron chi connectivity index (χ1n) is 5.51. The molecule has 0 aliphatic heterocycles. The molecule has 0 aromatic rings. The first-order valence-corrected chi connectivity index (χ1v) is 5.51. The summed E-state index contributed by atoms with van der Waals surface area (Å²) in [6.45, 7) is 14.2. The fraction of sp³-hybridized carbons (Fsp3) is 1.00. The van der Waals surface area contributed by atoms with Crippen LogP contribution in [0.2, 0.25) is 0 Å². The van der Waals surface area contributed by atoms with E-state index in [9.17, 15) is 0 Å². The molecular formula is C12H26. The van der Waals surface area contributed by atoms with Crippen LogP contribution in [0.1, 0.15) is 60.8 Å². The summed E-state index contributed by atoms with van der Waals surface area (Å²) in [5.74, 6) is 1.73. The highest BCUT2D eigenvalue weighted by Crippen LogP contribution is 2.39. The van der Waals surface area contributed by atoms with E-state index in [2.05, 4.69) is 41.5 Å². The molecule has 0 aliphatic carbocycles. The summed E-state index contributed by atoms with van der Waals surface area (Å²) in [6, 6.07) is 0. The normalized spacial score (nSPS) is 17.5. The largest absolute Gasteiger partial charge is 0.0651 e. The Kier molecular flexibility index (Phi) is 4.89. The Morgan fingerprint density at radius 2 is 1.42 bits per heavy atom. The van der Waals surface area contributed by atoms with Gasteiger partial charge in [0, 0.05) is 0 Å². The van der Waals surface area contributed by atoms with Gasteiger partial charge in [-0.2, -0.15) is 0 Å². The zero-order valence-corrected chi connectivity index (χ0v) is 9.78. The second-order valence-electron chi connectivity index (χ2n) is 4.54. The number of hydrogen-bond donors (Lipinski definition) is 0. The molecule has 0 spiro atoms. The van der Waals surface area contributed by atoms with Crippen LogP contribution in [0.15, 0.2) is 0 Å². The van der Waals surface area contributed by atoms with E-state index in [1.165, 1.54) is 19.3 Å². The second-order valence-corrected chi connectivity index (χ2v) is 4.54. The summed E-state index contributed by atoms with van der Waals surface area (Å²) in [5.41, 5.74) is 0.565. The Morgan fingerprint density at radius 3 is 1.67 bits per heavy atom. The zero-order valence-electron chi connectivity index (χ0n) is 9.78. The Morgan fingerprint density at radius 1 is 1.00 bits per heavy atom. The minimum atomic E-state index is 0.565. The molecule has 0 amide bonds. The summed E-state index contributed by atoms with van der Waals surface area (Å²) in [5, 5.41) is 0. The summed E-state index contributed by atoms with van der Waals surface area (Å²) in [6.07, 6.45) is 3.95.